The molecule has 2 aliphatic rings. The molecular formula is C15H21N3O2. The summed E-state index contributed by atoms with van der Waals surface area (Å²) in [5.74, 6) is 0.00449. The summed E-state index contributed by atoms with van der Waals surface area (Å²) in [5, 5.41) is 9.54. The first-order valence-corrected chi connectivity index (χ1v) is 7.15. The van der Waals surface area contributed by atoms with E-state index in [1.807, 2.05) is 12.1 Å². The highest BCUT2D eigenvalue weighted by Crippen LogP contribution is 2.25. The molecule has 0 radical (unpaired) electrons. The minimum atomic E-state index is -0.528. The van der Waals surface area contributed by atoms with Crippen LogP contribution < -0.4 is 9.80 Å². The van der Waals surface area contributed by atoms with E-state index in [9.17, 15) is 9.90 Å². The zero-order valence-electron chi connectivity index (χ0n) is 11.8. The quantitative estimate of drug-likeness (QED) is 0.855. The number of hydrogen-bond acceptors (Lipinski definition) is 4. The van der Waals surface area contributed by atoms with Crippen molar-refractivity contribution >= 4 is 17.3 Å². The Hall–Kier alpha value is -1.59. The predicted molar refractivity (Wildman–Crippen MR) is 79.1 cm³/mol. The lowest BCUT2D eigenvalue weighted by Gasteiger charge is -2.34. The van der Waals surface area contributed by atoms with Crippen LogP contribution in [0, 0.1) is 0 Å². The highest BCUT2D eigenvalue weighted by Gasteiger charge is 2.29. The molecule has 2 saturated heterocycles. The number of benzene rings is 1. The van der Waals surface area contributed by atoms with Crippen LogP contribution in [0.2, 0.25) is 0 Å². The van der Waals surface area contributed by atoms with Gasteiger partial charge in [0.2, 0.25) is 5.91 Å². The molecule has 1 amide bonds. The van der Waals surface area contributed by atoms with E-state index in [1.54, 1.807) is 4.90 Å². The molecule has 1 aromatic rings. The second-order valence-electron chi connectivity index (χ2n) is 5.67. The van der Waals surface area contributed by atoms with E-state index in [1.165, 1.54) is 5.69 Å². The molecule has 0 spiro atoms. The number of hydrogen-bond donors (Lipinski definition) is 1. The Bertz CT molecular complexity index is 480. The second kappa shape index (κ2) is 5.42. The molecule has 5 heteroatoms. The number of nitrogens with zero attached hydrogens (tertiary/aromatic N) is 3. The van der Waals surface area contributed by atoms with Gasteiger partial charge in [0.25, 0.3) is 0 Å². The van der Waals surface area contributed by atoms with Crippen LogP contribution in [0.4, 0.5) is 11.4 Å². The summed E-state index contributed by atoms with van der Waals surface area (Å²) in [6, 6.07) is 8.09. The van der Waals surface area contributed by atoms with Gasteiger partial charge < -0.3 is 19.8 Å². The Balaban J connectivity index is 1.70. The molecule has 1 aromatic carbocycles. The van der Waals surface area contributed by atoms with Crippen LogP contribution in [0.3, 0.4) is 0 Å². The SMILES string of the molecule is CN1CCN(c2ccc(N3CC(O)CC3=O)cc2)CC1. The number of carbonyl (C=O) groups excluding carboxylic acids is 1. The van der Waals surface area contributed by atoms with Gasteiger partial charge in [-0.15, -0.1) is 0 Å². The highest BCUT2D eigenvalue weighted by molar-refractivity contribution is 5.96. The van der Waals surface area contributed by atoms with Gasteiger partial charge in [0.15, 0.2) is 0 Å². The van der Waals surface area contributed by atoms with Gasteiger partial charge in [-0.3, -0.25) is 4.79 Å². The van der Waals surface area contributed by atoms with Crippen molar-refractivity contribution in [2.75, 3.05) is 49.6 Å². The van der Waals surface area contributed by atoms with Crippen LogP contribution in [-0.4, -0.2) is 61.8 Å². The van der Waals surface area contributed by atoms with Crippen molar-refractivity contribution in [3.8, 4) is 0 Å². The molecule has 1 atom stereocenters. The monoisotopic (exact) mass is 275 g/mol. The maximum absolute atomic E-state index is 11.8. The number of β-amino-alcohol motifs (C(OH)–C–C–N with tert-alkyl or cyclic N) is 1. The van der Waals surface area contributed by atoms with E-state index in [4.69, 9.17) is 0 Å². The summed E-state index contributed by atoms with van der Waals surface area (Å²) >= 11 is 0. The molecule has 0 bridgehead atoms. The lowest BCUT2D eigenvalue weighted by Crippen LogP contribution is -2.44. The first kappa shape index (κ1) is 13.4. The third-order valence-electron chi connectivity index (χ3n) is 4.13. The molecule has 1 N–H and O–H groups in total. The molecule has 0 aromatic heterocycles. The number of rotatable bonds is 2. The lowest BCUT2D eigenvalue weighted by atomic mass is 10.2. The van der Waals surface area contributed by atoms with Gasteiger partial charge in [-0.25, -0.2) is 0 Å². The number of aliphatic hydroxyl groups is 1. The van der Waals surface area contributed by atoms with Crippen LogP contribution in [0.25, 0.3) is 0 Å². The largest absolute Gasteiger partial charge is 0.391 e. The van der Waals surface area contributed by atoms with Gasteiger partial charge >= 0.3 is 0 Å². The summed E-state index contributed by atoms with van der Waals surface area (Å²) in [6.07, 6.45) is -0.292. The van der Waals surface area contributed by atoms with Crippen LogP contribution in [0.5, 0.6) is 0 Å². The van der Waals surface area contributed by atoms with Crippen LogP contribution in [0.15, 0.2) is 24.3 Å². The topological polar surface area (TPSA) is 47.0 Å². The fraction of sp³-hybridized carbons (Fsp3) is 0.533. The zero-order chi connectivity index (χ0) is 14.1. The normalized spacial score (nSPS) is 24.5. The first-order chi connectivity index (χ1) is 9.63. The van der Waals surface area contributed by atoms with E-state index < -0.39 is 6.10 Å². The number of anilines is 2. The van der Waals surface area contributed by atoms with Gasteiger partial charge in [-0.05, 0) is 31.3 Å². The molecule has 2 heterocycles. The van der Waals surface area contributed by atoms with Gasteiger partial charge in [0.05, 0.1) is 19.1 Å². The number of carbonyl (C=O) groups is 1. The van der Waals surface area contributed by atoms with Crippen molar-refractivity contribution in [3.63, 3.8) is 0 Å². The fourth-order valence-corrected chi connectivity index (χ4v) is 2.85. The number of amides is 1. The fourth-order valence-electron chi connectivity index (χ4n) is 2.85. The molecule has 108 valence electrons. The third kappa shape index (κ3) is 2.64. The molecule has 2 fully saturated rings. The first-order valence-electron chi connectivity index (χ1n) is 7.15. The molecular weight excluding hydrogens is 254 g/mol. The Morgan fingerprint density at radius 1 is 1.05 bits per heavy atom. The smallest absolute Gasteiger partial charge is 0.229 e. The summed E-state index contributed by atoms with van der Waals surface area (Å²) in [6.45, 7) is 4.65. The van der Waals surface area contributed by atoms with Gasteiger partial charge in [-0.2, -0.15) is 0 Å². The standard InChI is InChI=1S/C15H21N3O2/c1-16-6-8-17(9-7-16)12-2-4-13(5-3-12)18-11-14(19)10-15(18)20/h2-5,14,19H,6-11H2,1H3. The van der Waals surface area contributed by atoms with Gasteiger partial charge in [-0.1, -0.05) is 0 Å². The average molecular weight is 275 g/mol. The number of aliphatic hydroxyl groups excluding tert-OH is 1. The van der Waals surface area contributed by atoms with Crippen molar-refractivity contribution in [1.82, 2.24) is 4.90 Å². The summed E-state index contributed by atoms with van der Waals surface area (Å²) < 4.78 is 0. The molecule has 5 nitrogen and oxygen atoms in total. The Labute approximate surface area is 119 Å². The van der Waals surface area contributed by atoms with E-state index in [-0.39, 0.29) is 12.3 Å². The lowest BCUT2D eigenvalue weighted by molar-refractivity contribution is -0.117. The second-order valence-corrected chi connectivity index (χ2v) is 5.67. The maximum Gasteiger partial charge on any atom is 0.229 e. The van der Waals surface area contributed by atoms with Gasteiger partial charge in [0, 0.05) is 37.6 Å². The van der Waals surface area contributed by atoms with Crippen molar-refractivity contribution < 1.29 is 9.90 Å². The molecule has 0 aliphatic carbocycles. The summed E-state index contributed by atoms with van der Waals surface area (Å²) in [7, 11) is 2.14. The minimum absolute atomic E-state index is 0.00449. The zero-order valence-corrected chi connectivity index (χ0v) is 11.8. The van der Waals surface area contributed by atoms with Crippen molar-refractivity contribution in [2.45, 2.75) is 12.5 Å². The predicted octanol–water partition coefficient (Wildman–Crippen LogP) is 0.536. The summed E-state index contributed by atoms with van der Waals surface area (Å²) in [5.41, 5.74) is 2.08. The highest BCUT2D eigenvalue weighted by atomic mass is 16.3. The maximum atomic E-state index is 11.8. The van der Waals surface area contributed by atoms with Crippen LogP contribution >= 0.6 is 0 Å². The van der Waals surface area contributed by atoms with Crippen molar-refractivity contribution in [3.05, 3.63) is 24.3 Å². The minimum Gasteiger partial charge on any atom is -0.391 e. The van der Waals surface area contributed by atoms with Crippen molar-refractivity contribution in [2.24, 2.45) is 0 Å². The van der Waals surface area contributed by atoms with E-state index in [0.29, 0.717) is 6.54 Å². The van der Waals surface area contributed by atoms with E-state index >= 15 is 0 Å². The van der Waals surface area contributed by atoms with E-state index in [2.05, 4.69) is 29.0 Å². The average Bonchev–Trinajstić information content (AvgIpc) is 2.79. The Morgan fingerprint density at radius 2 is 1.65 bits per heavy atom. The number of likely N-dealkylation sites (N-methyl/N-ethyl adjacent to an activating group) is 1. The number of piperazine rings is 1. The third-order valence-corrected chi connectivity index (χ3v) is 4.13. The Morgan fingerprint density at radius 3 is 2.20 bits per heavy atom. The molecule has 3 rings (SSSR count). The van der Waals surface area contributed by atoms with Crippen LogP contribution in [-0.2, 0) is 4.79 Å². The molecule has 1 unspecified atom stereocenters. The van der Waals surface area contributed by atoms with E-state index in [0.717, 1.165) is 31.9 Å². The summed E-state index contributed by atoms with van der Waals surface area (Å²) in [4.78, 5) is 18.1. The molecule has 2 aliphatic heterocycles. The van der Waals surface area contributed by atoms with Crippen LogP contribution in [0.1, 0.15) is 6.42 Å². The van der Waals surface area contributed by atoms with Gasteiger partial charge in [0.1, 0.15) is 0 Å². The molecule has 0 saturated carbocycles. The Kier molecular flexibility index (Phi) is 3.63. The van der Waals surface area contributed by atoms with Crippen molar-refractivity contribution in [1.29, 1.82) is 0 Å². The molecule has 20 heavy (non-hydrogen) atoms.